The Morgan fingerprint density at radius 3 is 1.76 bits per heavy atom. The molecule has 0 heterocycles. The summed E-state index contributed by atoms with van der Waals surface area (Å²) in [6, 6.07) is 0. The molecule has 0 bridgehead atoms. The molecule has 6 heteroatoms. The minimum atomic E-state index is -0.996. The molecule has 0 aliphatic carbocycles. The summed E-state index contributed by atoms with van der Waals surface area (Å²) in [6.07, 6.45) is 15.2. The second-order valence-electron chi connectivity index (χ2n) is 8.13. The molecule has 29 heavy (non-hydrogen) atoms. The first kappa shape index (κ1) is 27.9. The van der Waals surface area contributed by atoms with E-state index in [1.54, 1.807) is 0 Å². The first-order chi connectivity index (χ1) is 14.0. The Kier molecular flexibility index (Phi) is 19.4. The van der Waals surface area contributed by atoms with Gasteiger partial charge in [-0.1, -0.05) is 84.0 Å². The Labute approximate surface area is 177 Å². The summed E-state index contributed by atoms with van der Waals surface area (Å²) in [4.78, 5) is 22.8. The van der Waals surface area contributed by atoms with E-state index in [9.17, 15) is 14.7 Å². The smallest absolute Gasteiger partial charge is 0.309 e. The normalized spacial score (nSPS) is 13.2. The van der Waals surface area contributed by atoms with E-state index in [0.29, 0.717) is 0 Å². The molecule has 0 aromatic carbocycles. The summed E-state index contributed by atoms with van der Waals surface area (Å²) in [5.41, 5.74) is 0. The van der Waals surface area contributed by atoms with Crippen molar-refractivity contribution in [3.8, 4) is 0 Å². The van der Waals surface area contributed by atoms with Crippen LogP contribution in [0.15, 0.2) is 0 Å². The molecular weight excluding hydrogens is 372 g/mol. The number of carbonyl (C=O) groups excluding carboxylic acids is 1. The molecule has 172 valence electrons. The first-order valence-corrected chi connectivity index (χ1v) is 11.7. The van der Waals surface area contributed by atoms with E-state index in [1.807, 2.05) is 0 Å². The Morgan fingerprint density at radius 2 is 1.28 bits per heavy atom. The van der Waals surface area contributed by atoms with Gasteiger partial charge in [-0.3, -0.25) is 9.59 Å². The minimum Gasteiger partial charge on any atom is -0.481 e. The van der Waals surface area contributed by atoms with Crippen LogP contribution in [0.2, 0.25) is 0 Å². The SMILES string of the molecule is CCCCCCC(CCCCCCCCCCCC(=O)O)C(=O)OCC(O)CO. The first-order valence-electron chi connectivity index (χ1n) is 11.7. The molecule has 0 saturated heterocycles. The van der Waals surface area contributed by atoms with Crippen LogP contribution in [0.4, 0.5) is 0 Å². The van der Waals surface area contributed by atoms with Crippen LogP contribution in [0.1, 0.15) is 110 Å². The fourth-order valence-corrected chi connectivity index (χ4v) is 3.45. The number of unbranched alkanes of at least 4 members (excludes halogenated alkanes) is 11. The van der Waals surface area contributed by atoms with Gasteiger partial charge in [0, 0.05) is 6.42 Å². The van der Waals surface area contributed by atoms with Crippen molar-refractivity contribution >= 4 is 11.9 Å². The van der Waals surface area contributed by atoms with Crippen molar-refractivity contribution in [1.82, 2.24) is 0 Å². The van der Waals surface area contributed by atoms with E-state index in [-0.39, 0.29) is 24.9 Å². The summed E-state index contributed by atoms with van der Waals surface area (Å²) < 4.78 is 5.19. The Morgan fingerprint density at radius 1 is 0.793 bits per heavy atom. The summed E-state index contributed by atoms with van der Waals surface area (Å²) in [5, 5.41) is 26.8. The predicted octanol–water partition coefficient (Wildman–Crippen LogP) is 4.85. The topological polar surface area (TPSA) is 104 Å². The molecule has 3 N–H and O–H groups in total. The van der Waals surface area contributed by atoms with Gasteiger partial charge in [0.05, 0.1) is 12.5 Å². The van der Waals surface area contributed by atoms with Crippen LogP contribution in [0.3, 0.4) is 0 Å². The largest absolute Gasteiger partial charge is 0.481 e. The van der Waals surface area contributed by atoms with E-state index in [1.165, 1.54) is 25.7 Å². The zero-order chi connectivity index (χ0) is 21.7. The molecule has 2 atom stereocenters. The summed E-state index contributed by atoms with van der Waals surface area (Å²) in [5.74, 6) is -1.05. The fraction of sp³-hybridized carbons (Fsp3) is 0.913. The molecule has 0 rings (SSSR count). The lowest BCUT2D eigenvalue weighted by molar-refractivity contribution is -0.152. The summed E-state index contributed by atoms with van der Waals surface area (Å²) in [6.45, 7) is 1.64. The average Bonchev–Trinajstić information content (AvgIpc) is 2.71. The highest BCUT2D eigenvalue weighted by Crippen LogP contribution is 2.20. The van der Waals surface area contributed by atoms with E-state index in [2.05, 4.69) is 6.92 Å². The number of aliphatic hydroxyl groups is 2. The maximum Gasteiger partial charge on any atom is 0.309 e. The van der Waals surface area contributed by atoms with Crippen molar-refractivity contribution < 1.29 is 29.6 Å². The molecule has 0 aromatic rings. The number of carbonyl (C=O) groups is 2. The lowest BCUT2D eigenvalue weighted by Crippen LogP contribution is -2.25. The molecule has 0 amide bonds. The Hall–Kier alpha value is -1.14. The maximum atomic E-state index is 12.3. The van der Waals surface area contributed by atoms with Gasteiger partial charge in [-0.2, -0.15) is 0 Å². The number of hydrogen-bond acceptors (Lipinski definition) is 5. The number of carboxylic acid groups (broad SMARTS) is 1. The van der Waals surface area contributed by atoms with Gasteiger partial charge in [-0.15, -0.1) is 0 Å². The third kappa shape index (κ3) is 18.6. The third-order valence-corrected chi connectivity index (χ3v) is 5.31. The van der Waals surface area contributed by atoms with Gasteiger partial charge < -0.3 is 20.1 Å². The molecule has 0 aromatic heterocycles. The molecule has 0 spiro atoms. The molecule has 2 unspecified atom stereocenters. The van der Waals surface area contributed by atoms with Crippen LogP contribution in [0.25, 0.3) is 0 Å². The third-order valence-electron chi connectivity index (χ3n) is 5.31. The number of aliphatic hydroxyl groups excluding tert-OH is 2. The van der Waals surface area contributed by atoms with Crippen molar-refractivity contribution in [1.29, 1.82) is 0 Å². The standard InChI is InChI=1S/C23H44O6/c1-2-3-4-12-15-20(23(28)29-19-21(25)18-24)16-13-10-8-6-5-7-9-11-14-17-22(26)27/h20-21,24-25H,2-19H2,1H3,(H,26,27). The summed E-state index contributed by atoms with van der Waals surface area (Å²) >= 11 is 0. The van der Waals surface area contributed by atoms with Crippen LogP contribution in [-0.2, 0) is 14.3 Å². The molecule has 0 radical (unpaired) electrons. The zero-order valence-corrected chi connectivity index (χ0v) is 18.4. The van der Waals surface area contributed by atoms with E-state index >= 15 is 0 Å². The average molecular weight is 417 g/mol. The molecule has 0 saturated carbocycles. The highest BCUT2D eigenvalue weighted by atomic mass is 16.5. The second kappa shape index (κ2) is 20.1. The van der Waals surface area contributed by atoms with Crippen molar-refractivity contribution in [3.63, 3.8) is 0 Å². The van der Waals surface area contributed by atoms with Crippen molar-refractivity contribution in [2.24, 2.45) is 5.92 Å². The highest BCUT2D eigenvalue weighted by molar-refractivity contribution is 5.72. The van der Waals surface area contributed by atoms with Gasteiger partial charge >= 0.3 is 11.9 Å². The molecule has 0 aliphatic heterocycles. The van der Waals surface area contributed by atoms with Gasteiger partial charge in [0.25, 0.3) is 0 Å². The number of hydrogen-bond donors (Lipinski definition) is 3. The van der Waals surface area contributed by atoms with Crippen LogP contribution >= 0.6 is 0 Å². The number of aliphatic carboxylic acids is 1. The number of ether oxygens (including phenoxy) is 1. The van der Waals surface area contributed by atoms with Crippen molar-refractivity contribution in [3.05, 3.63) is 0 Å². The lowest BCUT2D eigenvalue weighted by atomic mass is 9.94. The zero-order valence-electron chi connectivity index (χ0n) is 18.4. The van der Waals surface area contributed by atoms with E-state index in [0.717, 1.165) is 70.6 Å². The van der Waals surface area contributed by atoms with E-state index in [4.69, 9.17) is 14.9 Å². The minimum absolute atomic E-state index is 0.105. The maximum absolute atomic E-state index is 12.3. The number of rotatable bonds is 21. The number of carboxylic acids is 1. The van der Waals surface area contributed by atoms with Crippen LogP contribution in [0.5, 0.6) is 0 Å². The Balaban J connectivity index is 3.88. The van der Waals surface area contributed by atoms with Crippen LogP contribution < -0.4 is 0 Å². The second-order valence-corrected chi connectivity index (χ2v) is 8.13. The fourth-order valence-electron chi connectivity index (χ4n) is 3.45. The number of esters is 1. The van der Waals surface area contributed by atoms with Gasteiger partial charge in [-0.05, 0) is 19.3 Å². The Bertz CT molecular complexity index is 399. The van der Waals surface area contributed by atoms with Gasteiger partial charge in [0.15, 0.2) is 0 Å². The van der Waals surface area contributed by atoms with Crippen molar-refractivity contribution in [2.75, 3.05) is 13.2 Å². The highest BCUT2D eigenvalue weighted by Gasteiger charge is 2.20. The van der Waals surface area contributed by atoms with Crippen molar-refractivity contribution in [2.45, 2.75) is 116 Å². The van der Waals surface area contributed by atoms with Gasteiger partial charge in [-0.25, -0.2) is 0 Å². The van der Waals surface area contributed by atoms with Gasteiger partial charge in [0.1, 0.15) is 12.7 Å². The predicted molar refractivity (Wildman–Crippen MR) is 115 cm³/mol. The molecular formula is C23H44O6. The molecule has 0 fully saturated rings. The van der Waals surface area contributed by atoms with Crippen LogP contribution in [-0.4, -0.2) is 46.6 Å². The molecule has 0 aliphatic rings. The van der Waals surface area contributed by atoms with E-state index < -0.39 is 18.7 Å². The van der Waals surface area contributed by atoms with Gasteiger partial charge in [0.2, 0.25) is 0 Å². The molecule has 6 nitrogen and oxygen atoms in total. The summed E-state index contributed by atoms with van der Waals surface area (Å²) in [7, 11) is 0. The monoisotopic (exact) mass is 416 g/mol. The quantitative estimate of drug-likeness (QED) is 0.183. The van der Waals surface area contributed by atoms with Crippen LogP contribution in [0, 0.1) is 5.92 Å². The lowest BCUT2D eigenvalue weighted by Gasteiger charge is -2.17.